The maximum atomic E-state index is 13.1. The van der Waals surface area contributed by atoms with E-state index in [1.807, 2.05) is 0 Å². The standard InChI is InChI=1S/C25H21N7O6/c1-13(15-4-6-16(7-5-15)24(35)36)28-23(34)19-10-17(29-21-12-27-30-32(19)21)22(33)26-11-14-3-8-20-18(9-14)31(2)25(37)38-20/h3-10,12-13H,11H2,1-2H3,(H,26,33)(H,28,34)(H,35,36)/t13-/m1/s1. The molecule has 3 N–H and O–H groups in total. The summed E-state index contributed by atoms with van der Waals surface area (Å²) in [6.07, 6.45) is 1.33. The number of carboxylic acid groups (broad SMARTS) is 1. The zero-order valence-corrected chi connectivity index (χ0v) is 20.2. The molecule has 3 heterocycles. The van der Waals surface area contributed by atoms with E-state index in [0.717, 1.165) is 5.56 Å². The number of aryl methyl sites for hydroxylation is 1. The normalized spacial score (nSPS) is 11.9. The molecular weight excluding hydrogens is 494 g/mol. The Balaban J connectivity index is 1.34. The van der Waals surface area contributed by atoms with Crippen LogP contribution in [0.4, 0.5) is 0 Å². The number of aromatic carboxylic acids is 1. The first-order chi connectivity index (χ1) is 18.2. The van der Waals surface area contributed by atoms with Gasteiger partial charge in [-0.05, 0) is 42.3 Å². The third-order valence-electron chi connectivity index (χ3n) is 6.05. The van der Waals surface area contributed by atoms with Crippen molar-refractivity contribution in [2.24, 2.45) is 7.05 Å². The van der Waals surface area contributed by atoms with Gasteiger partial charge in [-0.3, -0.25) is 14.2 Å². The number of hydrogen-bond donors (Lipinski definition) is 3. The van der Waals surface area contributed by atoms with Crippen LogP contribution in [-0.4, -0.2) is 47.3 Å². The van der Waals surface area contributed by atoms with Crippen LogP contribution in [-0.2, 0) is 13.6 Å². The van der Waals surface area contributed by atoms with E-state index in [1.54, 1.807) is 44.3 Å². The fraction of sp³-hybridized carbons (Fsp3) is 0.160. The number of fused-ring (bicyclic) bond motifs is 2. The average Bonchev–Trinajstić information content (AvgIpc) is 3.50. The Bertz CT molecular complexity index is 1770. The highest BCUT2D eigenvalue weighted by molar-refractivity contribution is 5.98. The monoisotopic (exact) mass is 515 g/mol. The van der Waals surface area contributed by atoms with Crippen LogP contribution in [0.5, 0.6) is 0 Å². The smallest absolute Gasteiger partial charge is 0.419 e. The first-order valence-electron chi connectivity index (χ1n) is 11.4. The maximum absolute atomic E-state index is 13.1. The molecule has 13 heteroatoms. The van der Waals surface area contributed by atoms with Crippen molar-refractivity contribution in [3.05, 3.63) is 93.4 Å². The Kier molecular flexibility index (Phi) is 6.16. The highest BCUT2D eigenvalue weighted by Crippen LogP contribution is 2.16. The van der Waals surface area contributed by atoms with Gasteiger partial charge in [0, 0.05) is 19.7 Å². The Morgan fingerprint density at radius 1 is 1.08 bits per heavy atom. The average molecular weight is 515 g/mol. The molecule has 1 atom stereocenters. The lowest BCUT2D eigenvalue weighted by Crippen LogP contribution is -2.30. The Morgan fingerprint density at radius 3 is 2.58 bits per heavy atom. The molecule has 0 aliphatic rings. The van der Waals surface area contributed by atoms with Crippen LogP contribution in [0, 0.1) is 0 Å². The van der Waals surface area contributed by atoms with Gasteiger partial charge in [0.2, 0.25) is 0 Å². The van der Waals surface area contributed by atoms with Gasteiger partial charge in [0.05, 0.1) is 23.3 Å². The number of benzene rings is 2. The molecule has 0 bridgehead atoms. The van der Waals surface area contributed by atoms with Gasteiger partial charge < -0.3 is 20.2 Å². The van der Waals surface area contributed by atoms with Crippen LogP contribution in [0.3, 0.4) is 0 Å². The molecule has 0 aliphatic heterocycles. The van der Waals surface area contributed by atoms with E-state index in [4.69, 9.17) is 9.52 Å². The van der Waals surface area contributed by atoms with Crippen molar-refractivity contribution in [2.45, 2.75) is 19.5 Å². The summed E-state index contributed by atoms with van der Waals surface area (Å²) in [6.45, 7) is 1.89. The predicted octanol–water partition coefficient (Wildman–Crippen LogP) is 1.69. The third kappa shape index (κ3) is 4.59. The lowest BCUT2D eigenvalue weighted by molar-refractivity contribution is 0.0696. The van der Waals surface area contributed by atoms with E-state index in [0.29, 0.717) is 16.7 Å². The minimum absolute atomic E-state index is 0.0137. The molecular formula is C25H21N7O6. The molecule has 0 saturated carbocycles. The van der Waals surface area contributed by atoms with Crippen LogP contribution in [0.25, 0.3) is 16.7 Å². The minimum atomic E-state index is -1.04. The van der Waals surface area contributed by atoms with Crippen molar-refractivity contribution in [1.29, 1.82) is 0 Å². The summed E-state index contributed by atoms with van der Waals surface area (Å²) in [4.78, 5) is 53.1. The van der Waals surface area contributed by atoms with Crippen LogP contribution in [0.15, 0.2) is 63.9 Å². The van der Waals surface area contributed by atoms with Gasteiger partial charge in [0.15, 0.2) is 11.2 Å². The number of rotatable bonds is 7. The molecule has 5 rings (SSSR count). The van der Waals surface area contributed by atoms with Crippen LogP contribution < -0.4 is 16.4 Å². The van der Waals surface area contributed by atoms with Crippen molar-refractivity contribution in [2.75, 3.05) is 0 Å². The summed E-state index contributed by atoms with van der Waals surface area (Å²) in [5.74, 6) is -2.58. The van der Waals surface area contributed by atoms with Crippen molar-refractivity contribution >= 4 is 34.5 Å². The van der Waals surface area contributed by atoms with Gasteiger partial charge in [-0.25, -0.2) is 14.6 Å². The summed E-state index contributed by atoms with van der Waals surface area (Å²) < 4.78 is 7.71. The summed E-state index contributed by atoms with van der Waals surface area (Å²) in [5.41, 5.74) is 2.83. The lowest BCUT2D eigenvalue weighted by Gasteiger charge is -2.15. The zero-order chi connectivity index (χ0) is 27.0. The summed E-state index contributed by atoms with van der Waals surface area (Å²) in [5, 5.41) is 22.3. The molecule has 5 aromatic rings. The number of nitrogens with one attached hydrogen (secondary N) is 2. The van der Waals surface area contributed by atoms with E-state index in [2.05, 4.69) is 25.9 Å². The fourth-order valence-corrected chi connectivity index (χ4v) is 3.93. The van der Waals surface area contributed by atoms with Crippen molar-refractivity contribution in [3.8, 4) is 0 Å². The molecule has 0 fully saturated rings. The van der Waals surface area contributed by atoms with E-state index < -0.39 is 29.6 Å². The number of oxazole rings is 1. The molecule has 0 spiro atoms. The SMILES string of the molecule is C[C@@H](NC(=O)c1cc(C(=O)NCc2ccc3oc(=O)n(C)c3c2)nc2cnnn12)c1ccc(C(=O)O)cc1. The summed E-state index contributed by atoms with van der Waals surface area (Å²) in [7, 11) is 1.59. The first-order valence-corrected chi connectivity index (χ1v) is 11.4. The maximum Gasteiger partial charge on any atom is 0.419 e. The topological polar surface area (TPSA) is 174 Å². The van der Waals surface area contributed by atoms with Crippen molar-refractivity contribution in [1.82, 2.24) is 35.0 Å². The molecule has 0 radical (unpaired) electrons. The number of nitrogens with zero attached hydrogens (tertiary/aromatic N) is 5. The summed E-state index contributed by atoms with van der Waals surface area (Å²) >= 11 is 0. The van der Waals surface area contributed by atoms with Gasteiger partial charge in [-0.15, -0.1) is 5.10 Å². The van der Waals surface area contributed by atoms with E-state index in [9.17, 15) is 19.2 Å². The fourth-order valence-electron chi connectivity index (χ4n) is 3.93. The number of hydrogen-bond acceptors (Lipinski definition) is 8. The second-order valence-corrected chi connectivity index (χ2v) is 8.56. The molecule has 2 aromatic carbocycles. The van der Waals surface area contributed by atoms with Crippen molar-refractivity contribution < 1.29 is 23.9 Å². The number of carboxylic acids is 1. The molecule has 192 valence electrons. The highest BCUT2D eigenvalue weighted by atomic mass is 16.4. The third-order valence-corrected chi connectivity index (χ3v) is 6.05. The van der Waals surface area contributed by atoms with E-state index in [-0.39, 0.29) is 29.1 Å². The number of carbonyl (C=O) groups excluding carboxylic acids is 2. The highest BCUT2D eigenvalue weighted by Gasteiger charge is 2.20. The second kappa shape index (κ2) is 9.61. The molecule has 0 saturated heterocycles. The minimum Gasteiger partial charge on any atom is -0.478 e. The number of carbonyl (C=O) groups is 3. The molecule has 0 unspecified atom stereocenters. The van der Waals surface area contributed by atoms with Gasteiger partial charge in [-0.2, -0.15) is 4.52 Å². The number of aromatic nitrogens is 5. The molecule has 2 amide bonds. The lowest BCUT2D eigenvalue weighted by atomic mass is 10.1. The van der Waals surface area contributed by atoms with E-state index in [1.165, 1.54) is 33.5 Å². The molecule has 0 aliphatic carbocycles. The van der Waals surface area contributed by atoms with Crippen LogP contribution >= 0.6 is 0 Å². The number of amides is 2. The largest absolute Gasteiger partial charge is 0.478 e. The molecule has 13 nitrogen and oxygen atoms in total. The van der Waals surface area contributed by atoms with Gasteiger partial charge in [0.1, 0.15) is 11.4 Å². The quantitative estimate of drug-likeness (QED) is 0.291. The Morgan fingerprint density at radius 2 is 1.84 bits per heavy atom. The van der Waals surface area contributed by atoms with Gasteiger partial charge >= 0.3 is 11.7 Å². The molecule has 3 aromatic heterocycles. The van der Waals surface area contributed by atoms with E-state index >= 15 is 0 Å². The Hall–Kier alpha value is -5.33. The van der Waals surface area contributed by atoms with Gasteiger partial charge in [-0.1, -0.05) is 23.4 Å². The van der Waals surface area contributed by atoms with Crippen LogP contribution in [0.1, 0.15) is 55.4 Å². The van der Waals surface area contributed by atoms with Crippen molar-refractivity contribution in [3.63, 3.8) is 0 Å². The second-order valence-electron chi connectivity index (χ2n) is 8.56. The zero-order valence-electron chi connectivity index (χ0n) is 20.2. The summed E-state index contributed by atoms with van der Waals surface area (Å²) in [6, 6.07) is 12.1. The molecule has 38 heavy (non-hydrogen) atoms. The van der Waals surface area contributed by atoms with Crippen LogP contribution in [0.2, 0.25) is 0 Å². The Labute approximate surface area is 213 Å². The first kappa shape index (κ1) is 24.4. The predicted molar refractivity (Wildman–Crippen MR) is 133 cm³/mol. The van der Waals surface area contributed by atoms with Gasteiger partial charge in [0.25, 0.3) is 11.8 Å².